The van der Waals surface area contributed by atoms with Crippen LogP contribution in [0.4, 0.5) is 11.5 Å². The van der Waals surface area contributed by atoms with Gasteiger partial charge in [-0.25, -0.2) is 4.98 Å². The SMILES string of the molecule is [B]c1ccc2c(n1)N(C1COC1)C(C)C(=O)N2C. The van der Waals surface area contributed by atoms with Gasteiger partial charge in [0.05, 0.1) is 24.9 Å². The van der Waals surface area contributed by atoms with E-state index in [1.807, 2.05) is 17.9 Å². The van der Waals surface area contributed by atoms with Crippen LogP contribution in [0.15, 0.2) is 12.1 Å². The summed E-state index contributed by atoms with van der Waals surface area (Å²) in [5, 5.41) is 0. The number of ether oxygens (including phenoxy) is 1. The van der Waals surface area contributed by atoms with E-state index in [1.54, 1.807) is 18.0 Å². The third-order valence-electron chi connectivity index (χ3n) is 3.60. The number of carbonyl (C=O) groups excluding carboxylic acids is 1. The largest absolute Gasteiger partial charge is 0.377 e. The van der Waals surface area contributed by atoms with E-state index >= 15 is 0 Å². The molecule has 0 saturated carbocycles. The number of rotatable bonds is 1. The number of hydrogen-bond acceptors (Lipinski definition) is 4. The van der Waals surface area contributed by atoms with Gasteiger partial charge in [0.2, 0.25) is 5.91 Å². The molecule has 2 aliphatic rings. The molecule has 0 spiro atoms. The molecule has 1 saturated heterocycles. The maximum absolute atomic E-state index is 12.2. The molecule has 2 radical (unpaired) electrons. The molecule has 1 aromatic rings. The standard InChI is InChI=1S/C12H14BN3O2/c1-7-12(17)15(2)9-3-4-10(13)14-11(9)16(7)8-5-18-6-8/h3-4,7-8H,5-6H2,1-2H3. The Balaban J connectivity index is 2.11. The number of pyridine rings is 1. The van der Waals surface area contributed by atoms with Crippen molar-refractivity contribution in [1.29, 1.82) is 0 Å². The second kappa shape index (κ2) is 3.98. The number of amides is 1. The number of nitrogens with zero attached hydrogens (tertiary/aromatic N) is 3. The molecular formula is C12H14BN3O2. The van der Waals surface area contributed by atoms with Gasteiger partial charge < -0.3 is 14.5 Å². The molecule has 1 unspecified atom stereocenters. The minimum absolute atomic E-state index is 0.0703. The van der Waals surface area contributed by atoms with E-state index < -0.39 is 0 Å². The quantitative estimate of drug-likeness (QED) is 0.620. The van der Waals surface area contributed by atoms with E-state index in [9.17, 15) is 4.79 Å². The molecule has 1 amide bonds. The Morgan fingerprint density at radius 2 is 2.17 bits per heavy atom. The van der Waals surface area contributed by atoms with Crippen LogP contribution in [0.25, 0.3) is 0 Å². The molecule has 1 fully saturated rings. The molecule has 0 aromatic carbocycles. The Kier molecular flexibility index (Phi) is 2.55. The van der Waals surface area contributed by atoms with Crippen molar-refractivity contribution in [2.24, 2.45) is 0 Å². The summed E-state index contributed by atoms with van der Waals surface area (Å²) in [7, 11) is 7.52. The number of anilines is 2. The first kappa shape index (κ1) is 11.5. The molecule has 0 aliphatic carbocycles. The minimum Gasteiger partial charge on any atom is -0.377 e. The average Bonchev–Trinajstić information content (AvgIpc) is 2.29. The summed E-state index contributed by atoms with van der Waals surface area (Å²) >= 11 is 0. The Morgan fingerprint density at radius 3 is 2.78 bits per heavy atom. The van der Waals surface area contributed by atoms with Gasteiger partial charge in [0.1, 0.15) is 13.9 Å². The summed E-state index contributed by atoms with van der Waals surface area (Å²) < 4.78 is 5.22. The van der Waals surface area contributed by atoms with Crippen molar-refractivity contribution in [3.63, 3.8) is 0 Å². The maximum atomic E-state index is 12.2. The zero-order valence-corrected chi connectivity index (χ0v) is 10.5. The van der Waals surface area contributed by atoms with E-state index in [0.717, 1.165) is 11.5 Å². The zero-order chi connectivity index (χ0) is 12.9. The first-order chi connectivity index (χ1) is 8.59. The predicted octanol–water partition coefficient (Wildman–Crippen LogP) is -0.554. The molecule has 0 N–H and O–H groups in total. The van der Waals surface area contributed by atoms with Crippen LogP contribution in [0.2, 0.25) is 0 Å². The molecule has 1 aromatic heterocycles. The molecule has 0 bridgehead atoms. The summed E-state index contributed by atoms with van der Waals surface area (Å²) in [5.74, 6) is 0.846. The fourth-order valence-electron chi connectivity index (χ4n) is 2.48. The summed E-state index contributed by atoms with van der Waals surface area (Å²) in [6, 6.07) is 3.54. The van der Waals surface area contributed by atoms with Gasteiger partial charge >= 0.3 is 0 Å². The highest BCUT2D eigenvalue weighted by molar-refractivity contribution is 6.31. The van der Waals surface area contributed by atoms with E-state index in [4.69, 9.17) is 12.6 Å². The van der Waals surface area contributed by atoms with Crippen LogP contribution in [0, 0.1) is 0 Å². The molecule has 3 heterocycles. The fraction of sp³-hybridized carbons (Fsp3) is 0.500. The maximum Gasteiger partial charge on any atom is 0.249 e. The lowest BCUT2D eigenvalue weighted by molar-refractivity contribution is -0.120. The van der Waals surface area contributed by atoms with Crippen LogP contribution >= 0.6 is 0 Å². The van der Waals surface area contributed by atoms with Crippen molar-refractivity contribution in [3.8, 4) is 0 Å². The van der Waals surface area contributed by atoms with Crippen LogP contribution < -0.4 is 15.4 Å². The fourth-order valence-corrected chi connectivity index (χ4v) is 2.48. The molecular weight excluding hydrogens is 229 g/mol. The lowest BCUT2D eigenvalue weighted by Crippen LogP contribution is -2.60. The van der Waals surface area contributed by atoms with Crippen LogP contribution in [-0.2, 0) is 9.53 Å². The number of aromatic nitrogens is 1. The first-order valence-corrected chi connectivity index (χ1v) is 6.00. The topological polar surface area (TPSA) is 45.7 Å². The number of hydrogen-bond donors (Lipinski definition) is 0. The Hall–Kier alpha value is -1.56. The first-order valence-electron chi connectivity index (χ1n) is 6.00. The highest BCUT2D eigenvalue weighted by atomic mass is 16.5. The third kappa shape index (κ3) is 1.52. The van der Waals surface area contributed by atoms with E-state index in [0.29, 0.717) is 18.8 Å². The van der Waals surface area contributed by atoms with Crippen LogP contribution in [0.5, 0.6) is 0 Å². The van der Waals surface area contributed by atoms with Gasteiger partial charge in [-0.2, -0.15) is 0 Å². The monoisotopic (exact) mass is 243 g/mol. The van der Waals surface area contributed by atoms with Crippen LogP contribution in [0.3, 0.4) is 0 Å². The molecule has 18 heavy (non-hydrogen) atoms. The van der Waals surface area contributed by atoms with Gasteiger partial charge in [-0.1, -0.05) is 0 Å². The average molecular weight is 243 g/mol. The van der Waals surface area contributed by atoms with Crippen LogP contribution in [-0.4, -0.2) is 51.1 Å². The van der Waals surface area contributed by atoms with Crippen molar-refractivity contribution < 1.29 is 9.53 Å². The number of carbonyl (C=O) groups is 1. The minimum atomic E-state index is -0.231. The lowest BCUT2D eigenvalue weighted by Gasteiger charge is -2.46. The Labute approximate surface area is 107 Å². The molecule has 2 aliphatic heterocycles. The second-order valence-corrected chi connectivity index (χ2v) is 4.75. The van der Waals surface area contributed by atoms with E-state index in [-0.39, 0.29) is 18.0 Å². The van der Waals surface area contributed by atoms with Gasteiger partial charge in [-0.15, -0.1) is 0 Å². The molecule has 1 atom stereocenters. The Morgan fingerprint density at radius 1 is 1.44 bits per heavy atom. The summed E-state index contributed by atoms with van der Waals surface area (Å²) in [6.45, 7) is 3.17. The van der Waals surface area contributed by atoms with Gasteiger partial charge in [0.15, 0.2) is 5.82 Å². The van der Waals surface area contributed by atoms with Crippen LogP contribution in [0.1, 0.15) is 6.92 Å². The lowest BCUT2D eigenvalue weighted by atomic mass is 10.0. The highest BCUT2D eigenvalue weighted by Crippen LogP contribution is 2.35. The van der Waals surface area contributed by atoms with Crippen molar-refractivity contribution in [2.75, 3.05) is 30.1 Å². The zero-order valence-electron chi connectivity index (χ0n) is 10.5. The highest BCUT2D eigenvalue weighted by Gasteiger charge is 2.40. The molecule has 5 nitrogen and oxygen atoms in total. The van der Waals surface area contributed by atoms with Gasteiger partial charge in [0.25, 0.3) is 0 Å². The summed E-state index contributed by atoms with van der Waals surface area (Å²) in [5.41, 5.74) is 1.27. The molecule has 3 rings (SSSR count). The summed E-state index contributed by atoms with van der Waals surface area (Å²) in [6.07, 6.45) is 0. The Bertz CT molecular complexity index is 504. The van der Waals surface area contributed by atoms with Gasteiger partial charge in [-0.3, -0.25) is 4.79 Å². The van der Waals surface area contributed by atoms with E-state index in [1.165, 1.54) is 0 Å². The summed E-state index contributed by atoms with van der Waals surface area (Å²) in [4.78, 5) is 20.3. The second-order valence-electron chi connectivity index (χ2n) is 4.75. The van der Waals surface area contributed by atoms with Gasteiger partial charge in [0, 0.05) is 7.05 Å². The third-order valence-corrected chi connectivity index (χ3v) is 3.60. The van der Waals surface area contributed by atoms with Crippen molar-refractivity contribution in [3.05, 3.63) is 12.1 Å². The molecule has 92 valence electrons. The van der Waals surface area contributed by atoms with E-state index in [2.05, 4.69) is 4.98 Å². The number of fused-ring (bicyclic) bond motifs is 1. The molecule has 6 heteroatoms. The number of likely N-dealkylation sites (N-methyl/N-ethyl adjacent to an activating group) is 1. The van der Waals surface area contributed by atoms with Crippen molar-refractivity contribution in [2.45, 2.75) is 19.0 Å². The predicted molar refractivity (Wildman–Crippen MR) is 69.6 cm³/mol. The van der Waals surface area contributed by atoms with Gasteiger partial charge in [-0.05, 0) is 24.6 Å². The normalized spacial score (nSPS) is 23.9. The van der Waals surface area contributed by atoms with Crippen molar-refractivity contribution >= 4 is 30.9 Å². The van der Waals surface area contributed by atoms with Crippen molar-refractivity contribution in [1.82, 2.24) is 4.98 Å². The smallest absolute Gasteiger partial charge is 0.249 e.